The van der Waals surface area contributed by atoms with Gasteiger partial charge in [0.1, 0.15) is 0 Å². The molecule has 0 heterocycles. The summed E-state index contributed by atoms with van der Waals surface area (Å²) in [5.41, 5.74) is 1.68. The summed E-state index contributed by atoms with van der Waals surface area (Å²) in [5, 5.41) is 11.5. The number of hydrogen-bond acceptors (Lipinski definition) is 2. The molecule has 0 unspecified atom stereocenters. The number of carbonyl (C=O) groups excluding carboxylic acids is 1. The molecule has 0 fully saturated rings. The van der Waals surface area contributed by atoms with E-state index in [0.29, 0.717) is 5.56 Å². The molecular formula is C11H14BrNO2. The molecule has 1 rings (SSSR count). The summed E-state index contributed by atoms with van der Waals surface area (Å²) < 4.78 is 0.769. The third kappa shape index (κ3) is 3.32. The molecule has 82 valence electrons. The van der Waals surface area contributed by atoms with Crippen LogP contribution in [0.25, 0.3) is 0 Å². The molecule has 0 aliphatic heterocycles. The Morgan fingerprint density at radius 3 is 2.80 bits per heavy atom. The summed E-state index contributed by atoms with van der Waals surface area (Å²) >= 11 is 3.34. The lowest BCUT2D eigenvalue weighted by atomic mass is 10.1. The van der Waals surface area contributed by atoms with Crippen molar-refractivity contribution in [2.75, 3.05) is 6.61 Å². The molecule has 2 N–H and O–H groups in total. The highest BCUT2D eigenvalue weighted by atomic mass is 79.9. The van der Waals surface area contributed by atoms with Crippen LogP contribution in [0.2, 0.25) is 0 Å². The zero-order valence-corrected chi connectivity index (χ0v) is 10.3. The van der Waals surface area contributed by atoms with Crippen molar-refractivity contribution >= 4 is 21.8 Å². The molecule has 0 radical (unpaired) electrons. The van der Waals surface area contributed by atoms with Crippen molar-refractivity contribution in [3.8, 4) is 0 Å². The van der Waals surface area contributed by atoms with Crippen molar-refractivity contribution in [3.05, 3.63) is 33.8 Å². The Balaban J connectivity index is 2.82. The Bertz CT molecular complexity index is 366. The Kier molecular flexibility index (Phi) is 4.29. The summed E-state index contributed by atoms with van der Waals surface area (Å²) in [5.74, 6) is -0.177. The number of nitrogens with one attached hydrogen (secondary N) is 1. The molecule has 0 saturated heterocycles. The third-order valence-electron chi connectivity index (χ3n) is 2.02. The fourth-order valence-electron chi connectivity index (χ4n) is 1.15. The summed E-state index contributed by atoms with van der Waals surface area (Å²) in [6.07, 6.45) is 0. The van der Waals surface area contributed by atoms with E-state index in [-0.39, 0.29) is 18.6 Å². The number of aliphatic hydroxyl groups is 1. The normalized spacial score (nSPS) is 12.3. The second kappa shape index (κ2) is 5.28. The SMILES string of the molecule is Cc1ccc(C(=O)N[C@H](C)CO)c(Br)c1. The van der Waals surface area contributed by atoms with Gasteiger partial charge in [0.2, 0.25) is 0 Å². The highest BCUT2D eigenvalue weighted by Gasteiger charge is 2.11. The van der Waals surface area contributed by atoms with E-state index in [9.17, 15) is 4.79 Å². The first-order chi connectivity index (χ1) is 7.04. The molecule has 1 atom stereocenters. The van der Waals surface area contributed by atoms with Crippen molar-refractivity contribution in [1.29, 1.82) is 0 Å². The number of halogens is 1. The van der Waals surface area contributed by atoms with Crippen LogP contribution in [0.4, 0.5) is 0 Å². The summed E-state index contributed by atoms with van der Waals surface area (Å²) in [4.78, 5) is 11.7. The second-order valence-corrected chi connectivity index (χ2v) is 4.39. The highest BCUT2D eigenvalue weighted by Crippen LogP contribution is 2.18. The van der Waals surface area contributed by atoms with Crippen LogP contribution in [0.5, 0.6) is 0 Å². The lowest BCUT2D eigenvalue weighted by Gasteiger charge is -2.11. The van der Waals surface area contributed by atoms with E-state index >= 15 is 0 Å². The van der Waals surface area contributed by atoms with Gasteiger partial charge in [-0.3, -0.25) is 4.79 Å². The molecule has 3 nitrogen and oxygen atoms in total. The van der Waals surface area contributed by atoms with Crippen LogP contribution in [0.1, 0.15) is 22.8 Å². The van der Waals surface area contributed by atoms with Crippen LogP contribution >= 0.6 is 15.9 Å². The second-order valence-electron chi connectivity index (χ2n) is 3.54. The Hall–Kier alpha value is -0.870. The lowest BCUT2D eigenvalue weighted by molar-refractivity contribution is 0.0921. The molecule has 0 aliphatic rings. The minimum absolute atomic E-state index is 0.0603. The average molecular weight is 272 g/mol. The number of aliphatic hydroxyl groups excluding tert-OH is 1. The van der Waals surface area contributed by atoms with E-state index in [1.165, 1.54) is 0 Å². The van der Waals surface area contributed by atoms with E-state index in [2.05, 4.69) is 21.2 Å². The van der Waals surface area contributed by atoms with Gasteiger partial charge in [-0.2, -0.15) is 0 Å². The maximum absolute atomic E-state index is 11.7. The number of hydrogen-bond donors (Lipinski definition) is 2. The minimum Gasteiger partial charge on any atom is -0.394 e. The number of aryl methyl sites for hydroxylation is 1. The first kappa shape index (κ1) is 12.2. The van der Waals surface area contributed by atoms with Crippen LogP contribution in [-0.2, 0) is 0 Å². The van der Waals surface area contributed by atoms with E-state index in [0.717, 1.165) is 10.0 Å². The van der Waals surface area contributed by atoms with Gasteiger partial charge in [0.25, 0.3) is 5.91 Å². The van der Waals surface area contributed by atoms with Crippen LogP contribution in [0.15, 0.2) is 22.7 Å². The molecule has 1 aromatic rings. The fourth-order valence-corrected chi connectivity index (χ4v) is 1.82. The van der Waals surface area contributed by atoms with Crippen molar-refractivity contribution in [3.63, 3.8) is 0 Å². The summed E-state index contributed by atoms with van der Waals surface area (Å²) in [7, 11) is 0. The summed E-state index contributed by atoms with van der Waals surface area (Å²) in [6.45, 7) is 3.65. The van der Waals surface area contributed by atoms with Gasteiger partial charge in [0, 0.05) is 10.5 Å². The smallest absolute Gasteiger partial charge is 0.252 e. The standard InChI is InChI=1S/C11H14BrNO2/c1-7-3-4-9(10(12)5-7)11(15)13-8(2)6-14/h3-5,8,14H,6H2,1-2H3,(H,13,15)/t8-/m1/s1. The van der Waals surface area contributed by atoms with E-state index < -0.39 is 0 Å². The fraction of sp³-hybridized carbons (Fsp3) is 0.364. The number of carbonyl (C=O) groups is 1. The maximum Gasteiger partial charge on any atom is 0.252 e. The van der Waals surface area contributed by atoms with Gasteiger partial charge in [-0.25, -0.2) is 0 Å². The topological polar surface area (TPSA) is 49.3 Å². The zero-order chi connectivity index (χ0) is 11.4. The first-order valence-corrected chi connectivity index (χ1v) is 5.51. The van der Waals surface area contributed by atoms with Crippen molar-refractivity contribution in [2.45, 2.75) is 19.9 Å². The minimum atomic E-state index is -0.231. The molecule has 4 heteroatoms. The monoisotopic (exact) mass is 271 g/mol. The predicted molar refractivity (Wildman–Crippen MR) is 62.9 cm³/mol. The molecule has 1 amide bonds. The molecule has 0 saturated carbocycles. The maximum atomic E-state index is 11.7. The van der Waals surface area contributed by atoms with E-state index in [4.69, 9.17) is 5.11 Å². The molecule has 15 heavy (non-hydrogen) atoms. The first-order valence-electron chi connectivity index (χ1n) is 4.72. The molecule has 0 aromatic heterocycles. The van der Waals surface area contributed by atoms with Crippen LogP contribution < -0.4 is 5.32 Å². The van der Waals surface area contributed by atoms with Crippen LogP contribution in [0.3, 0.4) is 0 Å². The Labute approximate surface area is 97.6 Å². The Morgan fingerprint density at radius 1 is 1.60 bits per heavy atom. The molecule has 0 bridgehead atoms. The molecule has 1 aromatic carbocycles. The van der Waals surface area contributed by atoms with Crippen molar-refractivity contribution in [2.24, 2.45) is 0 Å². The van der Waals surface area contributed by atoms with Crippen LogP contribution in [-0.4, -0.2) is 23.7 Å². The Morgan fingerprint density at radius 2 is 2.27 bits per heavy atom. The average Bonchev–Trinajstić information content (AvgIpc) is 2.17. The van der Waals surface area contributed by atoms with E-state index in [1.54, 1.807) is 13.0 Å². The third-order valence-corrected chi connectivity index (χ3v) is 2.68. The van der Waals surface area contributed by atoms with Gasteiger partial charge < -0.3 is 10.4 Å². The predicted octanol–water partition coefficient (Wildman–Crippen LogP) is 1.87. The van der Waals surface area contributed by atoms with Crippen LogP contribution in [0, 0.1) is 6.92 Å². The molecular weight excluding hydrogens is 258 g/mol. The zero-order valence-electron chi connectivity index (χ0n) is 8.75. The van der Waals surface area contributed by atoms with Crippen molar-refractivity contribution in [1.82, 2.24) is 5.32 Å². The molecule has 0 aliphatic carbocycles. The van der Waals surface area contributed by atoms with Gasteiger partial charge in [0.05, 0.1) is 12.2 Å². The van der Waals surface area contributed by atoms with Gasteiger partial charge in [-0.1, -0.05) is 6.07 Å². The largest absolute Gasteiger partial charge is 0.394 e. The van der Waals surface area contributed by atoms with Gasteiger partial charge in [-0.15, -0.1) is 0 Å². The lowest BCUT2D eigenvalue weighted by Crippen LogP contribution is -2.35. The number of benzene rings is 1. The van der Waals surface area contributed by atoms with E-state index in [1.807, 2.05) is 19.1 Å². The summed E-state index contributed by atoms with van der Waals surface area (Å²) in [6, 6.07) is 5.30. The quantitative estimate of drug-likeness (QED) is 0.882. The van der Waals surface area contributed by atoms with Gasteiger partial charge in [-0.05, 0) is 47.5 Å². The van der Waals surface area contributed by atoms with Gasteiger partial charge in [0.15, 0.2) is 0 Å². The number of amides is 1. The van der Waals surface area contributed by atoms with Crippen molar-refractivity contribution < 1.29 is 9.90 Å². The van der Waals surface area contributed by atoms with Gasteiger partial charge >= 0.3 is 0 Å². The molecule has 0 spiro atoms. The highest BCUT2D eigenvalue weighted by molar-refractivity contribution is 9.10. The number of rotatable bonds is 3.